The van der Waals surface area contributed by atoms with E-state index >= 15 is 0 Å². The zero-order chi connectivity index (χ0) is 11.2. The normalized spacial score (nSPS) is 7.50. The van der Waals surface area contributed by atoms with Crippen LogP contribution in [-0.4, -0.2) is 20.8 Å². The lowest BCUT2D eigenvalue weighted by molar-refractivity contribution is 0.332. The minimum atomic E-state index is -3.40. The number of hydrogen-bond acceptors (Lipinski definition) is 9. The van der Waals surface area contributed by atoms with Gasteiger partial charge in [-0.25, -0.2) is 0 Å². The van der Waals surface area contributed by atoms with Crippen molar-refractivity contribution in [2.75, 3.05) is 6.16 Å². The van der Waals surface area contributed by atoms with E-state index in [1.54, 1.807) is 0 Å². The molecule has 0 amide bonds. The Bertz CT molecular complexity index is 50.5. The second-order valence-electron chi connectivity index (χ2n) is 1.01. The molecule has 80 valence electrons. The first-order valence-corrected chi connectivity index (χ1v) is 4.46. The third-order valence-corrected chi connectivity index (χ3v) is 1.27. The number of hydrazine groups is 3. The molecular formula is C2H20N6O3P+. The molecule has 0 aromatic carbocycles. The molecule has 0 radical (unpaired) electrons. The molecule has 0 aliphatic heterocycles. The Balaban J connectivity index is -0.0000000453. The van der Waals surface area contributed by atoms with Gasteiger partial charge in [-0.1, -0.05) is 0 Å². The summed E-state index contributed by atoms with van der Waals surface area (Å²) in [6.07, 6.45) is 0.0486. The lowest BCUT2D eigenvalue weighted by Gasteiger charge is -1.95. The zero-order valence-corrected chi connectivity index (χ0v) is 7.85. The van der Waals surface area contributed by atoms with Crippen LogP contribution in [-0.2, 0) is 0 Å². The van der Waals surface area contributed by atoms with E-state index in [-0.39, 0.29) is 6.16 Å². The van der Waals surface area contributed by atoms with E-state index in [0.29, 0.717) is 0 Å². The average molecular weight is 207 g/mol. The molecule has 0 heterocycles. The molecule has 0 atom stereocenters. The summed E-state index contributed by atoms with van der Waals surface area (Å²) in [6, 6.07) is 0. The molecular weight excluding hydrogens is 187 g/mol. The first-order valence-electron chi connectivity index (χ1n) is 2.62. The fraction of sp³-hybridized carbons (Fsp3) is 1.00. The van der Waals surface area contributed by atoms with E-state index in [1.807, 2.05) is 0 Å². The summed E-state index contributed by atoms with van der Waals surface area (Å²) in [5.41, 5.74) is 0. The molecule has 0 aliphatic rings. The predicted octanol–water partition coefficient (Wildman–Crippen LogP) is -3.80. The van der Waals surface area contributed by atoms with Crippen LogP contribution in [0, 0.1) is 0 Å². The largest absolute Gasteiger partial charge is 0.403 e. The summed E-state index contributed by atoms with van der Waals surface area (Å²) in [4.78, 5) is 24.1. The summed E-state index contributed by atoms with van der Waals surface area (Å²) in [6.45, 7) is 1.51. The van der Waals surface area contributed by atoms with Crippen molar-refractivity contribution >= 4 is 7.94 Å². The molecule has 0 unspecified atom stereocenters. The maximum atomic E-state index is 8.05. The minimum absolute atomic E-state index is 0.0486. The van der Waals surface area contributed by atoms with Crippen LogP contribution in [0.15, 0.2) is 0 Å². The van der Waals surface area contributed by atoms with E-state index in [2.05, 4.69) is 35.1 Å². The Kier molecular flexibility index (Phi) is 42.5. The molecule has 0 fully saturated rings. The van der Waals surface area contributed by atoms with Crippen LogP contribution >= 0.6 is 7.94 Å². The fourth-order valence-electron chi connectivity index (χ4n) is 0. The quantitative estimate of drug-likeness (QED) is 0.117. The summed E-state index contributed by atoms with van der Waals surface area (Å²) in [5, 5.41) is 0. The Labute approximate surface area is 71.8 Å². The Morgan fingerprint density at radius 3 is 0.917 bits per heavy atom. The van der Waals surface area contributed by atoms with Crippen molar-refractivity contribution in [3.8, 4) is 0 Å². The molecule has 15 N–H and O–H groups in total. The molecule has 10 heteroatoms. The molecule has 0 aromatic rings. The van der Waals surface area contributed by atoms with E-state index in [1.165, 1.54) is 6.92 Å². The molecule has 9 nitrogen and oxygen atoms in total. The van der Waals surface area contributed by atoms with Crippen molar-refractivity contribution in [3.63, 3.8) is 0 Å². The Morgan fingerprint density at radius 2 is 0.917 bits per heavy atom. The van der Waals surface area contributed by atoms with Gasteiger partial charge in [-0.3, -0.25) is 35.1 Å². The molecule has 12 heavy (non-hydrogen) atoms. The zero-order valence-electron chi connectivity index (χ0n) is 6.96. The van der Waals surface area contributed by atoms with Gasteiger partial charge >= 0.3 is 7.94 Å². The summed E-state index contributed by atoms with van der Waals surface area (Å²) < 4.78 is 0. The highest BCUT2D eigenvalue weighted by molar-refractivity contribution is 7.58. The van der Waals surface area contributed by atoms with Crippen molar-refractivity contribution < 1.29 is 14.7 Å². The first kappa shape index (κ1) is 22.7. The Hall–Kier alpha value is 0.0700. The maximum absolute atomic E-state index is 8.05. The van der Waals surface area contributed by atoms with Crippen LogP contribution in [0.2, 0.25) is 0 Å². The smallest absolute Gasteiger partial charge is 0.274 e. The van der Waals surface area contributed by atoms with E-state index < -0.39 is 7.94 Å². The first-order chi connectivity index (χ1) is 5.56. The number of hydrogen-bond donors (Lipinski definition) is 9. The lowest BCUT2D eigenvalue weighted by Crippen LogP contribution is -2.02. The van der Waals surface area contributed by atoms with Crippen LogP contribution in [0.4, 0.5) is 0 Å². The van der Waals surface area contributed by atoms with Gasteiger partial charge in [0.2, 0.25) is 0 Å². The summed E-state index contributed by atoms with van der Waals surface area (Å²) in [5.74, 6) is 24.0. The van der Waals surface area contributed by atoms with Gasteiger partial charge < -0.3 is 0 Å². The van der Waals surface area contributed by atoms with Gasteiger partial charge in [0.1, 0.15) is 6.16 Å². The standard InChI is InChI=1S/C2H8O3P.3H4N2/c1-2-6(3,4)5;3*1-2/h3-5H,2H2,1H3;3*1-2H2/q+1;;;. The molecule has 0 saturated heterocycles. The molecule has 0 bridgehead atoms. The maximum Gasteiger partial charge on any atom is 0.403 e. The SMILES string of the molecule is CC[P+](O)(O)O.NN.NN.NN. The lowest BCUT2D eigenvalue weighted by atomic mass is 11.0. The van der Waals surface area contributed by atoms with Crippen LogP contribution in [0.1, 0.15) is 6.92 Å². The molecule has 0 spiro atoms. The third-order valence-electron chi connectivity index (χ3n) is 0.424. The topological polar surface area (TPSA) is 217 Å². The van der Waals surface area contributed by atoms with Crippen molar-refractivity contribution in [2.45, 2.75) is 6.92 Å². The summed E-state index contributed by atoms with van der Waals surface area (Å²) >= 11 is 0. The van der Waals surface area contributed by atoms with E-state index in [0.717, 1.165) is 0 Å². The minimum Gasteiger partial charge on any atom is -0.274 e. The number of nitrogens with two attached hydrogens (primary N) is 6. The summed E-state index contributed by atoms with van der Waals surface area (Å²) in [7, 11) is -3.40. The van der Waals surface area contributed by atoms with Gasteiger partial charge in [-0.05, 0) is 6.92 Å². The molecule has 0 aromatic heterocycles. The highest BCUT2D eigenvalue weighted by Crippen LogP contribution is 2.43. The highest BCUT2D eigenvalue weighted by Gasteiger charge is 2.24. The van der Waals surface area contributed by atoms with Crippen molar-refractivity contribution in [1.82, 2.24) is 0 Å². The van der Waals surface area contributed by atoms with Crippen LogP contribution in [0.25, 0.3) is 0 Å². The van der Waals surface area contributed by atoms with Crippen LogP contribution in [0.5, 0.6) is 0 Å². The Morgan fingerprint density at radius 1 is 0.833 bits per heavy atom. The van der Waals surface area contributed by atoms with Crippen molar-refractivity contribution in [2.24, 2.45) is 35.1 Å². The van der Waals surface area contributed by atoms with Crippen LogP contribution < -0.4 is 35.1 Å². The van der Waals surface area contributed by atoms with Gasteiger partial charge in [0.15, 0.2) is 0 Å². The predicted molar refractivity (Wildman–Crippen MR) is 49.2 cm³/mol. The van der Waals surface area contributed by atoms with Crippen LogP contribution in [0.3, 0.4) is 0 Å². The molecule has 0 aliphatic carbocycles. The average Bonchev–Trinajstić information content (AvgIpc) is 2.14. The molecule has 0 rings (SSSR count). The van der Waals surface area contributed by atoms with Crippen molar-refractivity contribution in [1.29, 1.82) is 0 Å². The second kappa shape index (κ2) is 22.5. The van der Waals surface area contributed by atoms with Gasteiger partial charge in [0.05, 0.1) is 0 Å². The van der Waals surface area contributed by atoms with Gasteiger partial charge in [-0.2, -0.15) is 14.7 Å². The fourth-order valence-corrected chi connectivity index (χ4v) is 0. The van der Waals surface area contributed by atoms with Gasteiger partial charge in [0, 0.05) is 0 Å². The molecule has 0 saturated carbocycles. The highest BCUT2D eigenvalue weighted by atomic mass is 31.2. The number of rotatable bonds is 1. The monoisotopic (exact) mass is 207 g/mol. The van der Waals surface area contributed by atoms with Gasteiger partial charge in [-0.15, -0.1) is 0 Å². The van der Waals surface area contributed by atoms with E-state index in [4.69, 9.17) is 14.7 Å². The third kappa shape index (κ3) is 87.9. The van der Waals surface area contributed by atoms with Crippen molar-refractivity contribution in [3.05, 3.63) is 0 Å². The second-order valence-corrected chi connectivity index (χ2v) is 3.03. The van der Waals surface area contributed by atoms with Gasteiger partial charge in [0.25, 0.3) is 0 Å². The van der Waals surface area contributed by atoms with E-state index in [9.17, 15) is 0 Å².